The van der Waals surface area contributed by atoms with Gasteiger partial charge in [0.05, 0.1) is 6.33 Å². The first-order valence-electron chi connectivity index (χ1n) is 6.13. The molecule has 4 N–H and O–H groups in total. The van der Waals surface area contributed by atoms with Gasteiger partial charge in [0.25, 0.3) is 6.47 Å². The second kappa shape index (κ2) is 5.24. The van der Waals surface area contributed by atoms with Gasteiger partial charge in [0.15, 0.2) is 17.7 Å². The third kappa shape index (κ3) is 2.18. The summed E-state index contributed by atoms with van der Waals surface area (Å²) in [5.41, 5.74) is 6.43. The van der Waals surface area contributed by atoms with Crippen LogP contribution in [0.2, 0.25) is 0 Å². The lowest BCUT2D eigenvalue weighted by Crippen LogP contribution is -2.33. The van der Waals surface area contributed by atoms with Crippen LogP contribution in [0, 0.1) is 0 Å². The van der Waals surface area contributed by atoms with E-state index in [1.54, 1.807) is 0 Å². The molecular formula is C11H13N5O5. The number of hydrogen-bond acceptors (Lipinski definition) is 9. The van der Waals surface area contributed by atoms with E-state index in [0.717, 1.165) is 0 Å². The van der Waals surface area contributed by atoms with E-state index in [4.69, 9.17) is 10.5 Å². The maximum atomic E-state index is 10.2. The van der Waals surface area contributed by atoms with E-state index in [2.05, 4.69) is 19.7 Å². The van der Waals surface area contributed by atoms with Gasteiger partial charge in [0, 0.05) is 0 Å². The lowest BCUT2D eigenvalue weighted by molar-refractivity contribution is -0.135. The Morgan fingerprint density at radius 1 is 1.38 bits per heavy atom. The number of carbonyl (C=O) groups excluding carboxylic acids is 1. The van der Waals surface area contributed by atoms with Gasteiger partial charge in [-0.05, 0) is 0 Å². The number of aromatic nitrogens is 4. The van der Waals surface area contributed by atoms with Gasteiger partial charge < -0.3 is 25.4 Å². The highest BCUT2D eigenvalue weighted by Gasteiger charge is 2.44. The molecular weight excluding hydrogens is 282 g/mol. The fourth-order valence-corrected chi connectivity index (χ4v) is 2.29. The van der Waals surface area contributed by atoms with Crippen molar-refractivity contribution in [2.24, 2.45) is 0 Å². The van der Waals surface area contributed by atoms with E-state index >= 15 is 0 Å². The average molecular weight is 295 g/mol. The molecule has 0 saturated carbocycles. The Hall–Kier alpha value is -2.30. The maximum absolute atomic E-state index is 10.2. The van der Waals surface area contributed by atoms with Gasteiger partial charge in [0.1, 0.15) is 36.8 Å². The van der Waals surface area contributed by atoms with Crippen molar-refractivity contribution < 1.29 is 24.5 Å². The molecule has 1 saturated heterocycles. The van der Waals surface area contributed by atoms with Crippen LogP contribution in [0.15, 0.2) is 12.7 Å². The van der Waals surface area contributed by atoms with Crippen LogP contribution in [0.4, 0.5) is 5.82 Å². The van der Waals surface area contributed by atoms with Gasteiger partial charge in [-0.1, -0.05) is 0 Å². The SMILES string of the molecule is Nc1ncnc2c1ncn2[C@H]1O[C@@H](COC=O)[C@@H](O)[C@@H]1O. The van der Waals surface area contributed by atoms with E-state index in [0.29, 0.717) is 11.2 Å². The summed E-state index contributed by atoms with van der Waals surface area (Å²) >= 11 is 0. The molecule has 4 atom stereocenters. The fraction of sp³-hybridized carbons (Fsp3) is 0.455. The first-order valence-corrected chi connectivity index (χ1v) is 6.13. The summed E-state index contributed by atoms with van der Waals surface area (Å²) < 4.78 is 11.5. The minimum atomic E-state index is -1.22. The molecule has 0 unspecified atom stereocenters. The Balaban J connectivity index is 1.92. The lowest BCUT2D eigenvalue weighted by Gasteiger charge is -2.16. The van der Waals surface area contributed by atoms with Gasteiger partial charge in [-0.3, -0.25) is 9.36 Å². The molecule has 0 radical (unpaired) electrons. The number of fused-ring (bicyclic) bond motifs is 1. The minimum absolute atomic E-state index is 0.165. The Bertz CT molecular complexity index is 661. The summed E-state index contributed by atoms with van der Waals surface area (Å²) in [5, 5.41) is 20.0. The summed E-state index contributed by atoms with van der Waals surface area (Å²) in [4.78, 5) is 22.1. The molecule has 1 aliphatic rings. The molecule has 10 heteroatoms. The topological polar surface area (TPSA) is 146 Å². The molecule has 0 amide bonds. The van der Waals surface area contributed by atoms with E-state index in [-0.39, 0.29) is 18.9 Å². The highest BCUT2D eigenvalue weighted by molar-refractivity contribution is 5.81. The summed E-state index contributed by atoms with van der Waals surface area (Å²) in [6, 6.07) is 0. The van der Waals surface area contributed by atoms with Crippen LogP contribution >= 0.6 is 0 Å². The van der Waals surface area contributed by atoms with Crippen LogP contribution < -0.4 is 5.73 Å². The van der Waals surface area contributed by atoms with E-state index in [1.165, 1.54) is 17.2 Å². The van der Waals surface area contributed by atoms with Crippen molar-refractivity contribution in [3.05, 3.63) is 12.7 Å². The number of nitrogen functional groups attached to an aromatic ring is 1. The third-order valence-electron chi connectivity index (χ3n) is 3.33. The molecule has 10 nitrogen and oxygen atoms in total. The number of nitrogens with two attached hydrogens (primary N) is 1. The van der Waals surface area contributed by atoms with Gasteiger partial charge in [-0.15, -0.1) is 0 Å². The molecule has 3 heterocycles. The van der Waals surface area contributed by atoms with Gasteiger partial charge >= 0.3 is 0 Å². The van der Waals surface area contributed by atoms with Crippen molar-refractivity contribution >= 4 is 23.5 Å². The Kier molecular flexibility index (Phi) is 3.41. The second-order valence-electron chi connectivity index (χ2n) is 4.56. The molecule has 0 spiro atoms. The number of nitrogens with zero attached hydrogens (tertiary/aromatic N) is 4. The van der Waals surface area contributed by atoms with Crippen molar-refractivity contribution in [3.8, 4) is 0 Å². The van der Waals surface area contributed by atoms with Crippen LogP contribution in [-0.2, 0) is 14.3 Å². The lowest BCUT2D eigenvalue weighted by atomic mass is 10.1. The number of carbonyl (C=O) groups is 1. The molecule has 1 fully saturated rings. The third-order valence-corrected chi connectivity index (χ3v) is 3.33. The van der Waals surface area contributed by atoms with Crippen LogP contribution in [0.5, 0.6) is 0 Å². The summed E-state index contributed by atoms with van der Waals surface area (Å²) in [6.45, 7) is 0.0817. The van der Waals surface area contributed by atoms with E-state index in [1.807, 2.05) is 0 Å². The first kappa shape index (κ1) is 13.7. The molecule has 0 aliphatic carbocycles. The van der Waals surface area contributed by atoms with Gasteiger partial charge in [0.2, 0.25) is 0 Å². The molecule has 2 aromatic heterocycles. The standard InChI is InChI=1S/C11H13N5O5/c12-9-6-10(14-2-13-9)16(3-15-6)11-8(19)7(18)5(21-11)1-20-4-17/h2-5,7-8,11,18-19H,1H2,(H2,12,13,14)/t5-,7+,8-,11-/m0/s1. The number of anilines is 1. The quantitative estimate of drug-likeness (QED) is 0.556. The van der Waals surface area contributed by atoms with Crippen molar-refractivity contribution in [3.63, 3.8) is 0 Å². The number of aliphatic hydroxyl groups excluding tert-OH is 2. The Morgan fingerprint density at radius 2 is 2.19 bits per heavy atom. The molecule has 2 aromatic rings. The monoisotopic (exact) mass is 295 g/mol. The second-order valence-corrected chi connectivity index (χ2v) is 4.56. The van der Waals surface area contributed by atoms with Gasteiger partial charge in [-0.2, -0.15) is 0 Å². The zero-order chi connectivity index (χ0) is 15.0. The largest absolute Gasteiger partial charge is 0.465 e. The number of aliphatic hydroxyl groups is 2. The van der Waals surface area contributed by atoms with Crippen LogP contribution in [0.1, 0.15) is 6.23 Å². The Morgan fingerprint density at radius 3 is 2.95 bits per heavy atom. The highest BCUT2D eigenvalue weighted by Crippen LogP contribution is 2.31. The van der Waals surface area contributed by atoms with E-state index < -0.39 is 24.5 Å². The molecule has 1 aliphatic heterocycles. The van der Waals surface area contributed by atoms with Crippen molar-refractivity contribution in [1.82, 2.24) is 19.5 Å². The number of ether oxygens (including phenoxy) is 2. The minimum Gasteiger partial charge on any atom is -0.465 e. The zero-order valence-corrected chi connectivity index (χ0v) is 10.7. The average Bonchev–Trinajstić information content (AvgIpc) is 3.02. The summed E-state index contributed by atoms with van der Waals surface area (Å²) in [5.74, 6) is 0.202. The van der Waals surface area contributed by atoms with Crippen LogP contribution in [0.3, 0.4) is 0 Å². The Labute approximate surface area is 118 Å². The maximum Gasteiger partial charge on any atom is 0.293 e. The predicted molar refractivity (Wildman–Crippen MR) is 67.7 cm³/mol. The number of imidazole rings is 1. The van der Waals surface area contributed by atoms with E-state index in [9.17, 15) is 15.0 Å². The van der Waals surface area contributed by atoms with Crippen molar-refractivity contribution in [2.45, 2.75) is 24.5 Å². The molecule has 3 rings (SSSR count). The summed E-state index contributed by atoms with van der Waals surface area (Å²) in [7, 11) is 0. The molecule has 0 bridgehead atoms. The number of hydrogen-bond donors (Lipinski definition) is 3. The predicted octanol–water partition coefficient (Wildman–Crippen LogP) is -1.80. The molecule has 21 heavy (non-hydrogen) atoms. The van der Waals surface area contributed by atoms with Crippen LogP contribution in [-0.4, -0.2) is 61.1 Å². The normalized spacial score (nSPS) is 28.9. The van der Waals surface area contributed by atoms with Crippen LogP contribution in [0.25, 0.3) is 11.2 Å². The fourth-order valence-electron chi connectivity index (χ4n) is 2.29. The highest BCUT2D eigenvalue weighted by atomic mass is 16.6. The van der Waals surface area contributed by atoms with Gasteiger partial charge in [-0.25, -0.2) is 15.0 Å². The summed E-state index contributed by atoms with van der Waals surface area (Å²) in [6.07, 6.45) is -1.53. The first-order chi connectivity index (χ1) is 10.1. The number of rotatable bonds is 4. The molecule has 0 aromatic carbocycles. The zero-order valence-electron chi connectivity index (χ0n) is 10.7. The smallest absolute Gasteiger partial charge is 0.293 e. The van der Waals surface area contributed by atoms with Crippen molar-refractivity contribution in [1.29, 1.82) is 0 Å². The molecule has 112 valence electrons. The van der Waals surface area contributed by atoms with Crippen molar-refractivity contribution in [2.75, 3.05) is 12.3 Å².